The molecule has 0 radical (unpaired) electrons. The van der Waals surface area contributed by atoms with Gasteiger partial charge in [0.25, 0.3) is 0 Å². The molecule has 0 aromatic carbocycles. The zero-order valence-corrected chi connectivity index (χ0v) is 8.72. The molecule has 0 atom stereocenters. The first-order valence-electron chi connectivity index (χ1n) is 1.72. The number of hydrogen-bond donors (Lipinski definition) is 3. The van der Waals surface area contributed by atoms with Crippen LogP contribution in [0.25, 0.3) is 0 Å². The van der Waals surface area contributed by atoms with Crippen molar-refractivity contribution in [1.82, 2.24) is 0 Å². The Morgan fingerprint density at radius 1 is 1.50 bits per heavy atom. The maximum atomic E-state index is 9.05. The minimum atomic E-state index is -3.97. The SMILES string of the molecule is CCO.I.O=S(=O)(O)S.[NaH]. The van der Waals surface area contributed by atoms with Crippen molar-refractivity contribution in [2.45, 2.75) is 6.92 Å². The van der Waals surface area contributed by atoms with Gasteiger partial charge in [0.2, 0.25) is 0 Å². The Balaban J connectivity index is -0.0000000326. The van der Waals surface area contributed by atoms with Crippen molar-refractivity contribution in [3.63, 3.8) is 0 Å². The molecule has 0 spiro atoms. The predicted molar refractivity (Wildman–Crippen MR) is 55.9 cm³/mol. The molecule has 0 saturated carbocycles. The Bertz CT molecular complexity index is 115. The molecule has 4 nitrogen and oxygen atoms in total. The fourth-order valence-corrected chi connectivity index (χ4v) is 0. The third kappa shape index (κ3) is 210. The van der Waals surface area contributed by atoms with Gasteiger partial charge in [-0.15, -0.1) is 24.0 Å². The number of aliphatic hydroxyl groups is 1. The van der Waals surface area contributed by atoms with Crippen LogP contribution in [0.15, 0.2) is 0 Å². The average molecular weight is 312 g/mol. The summed E-state index contributed by atoms with van der Waals surface area (Å²) in [6, 6.07) is 0. The van der Waals surface area contributed by atoms with Gasteiger partial charge < -0.3 is 5.11 Å². The van der Waals surface area contributed by atoms with Crippen LogP contribution < -0.4 is 0 Å². The Morgan fingerprint density at radius 3 is 1.50 bits per heavy atom. The molecular formula is C2H10INaO4S2. The van der Waals surface area contributed by atoms with Gasteiger partial charge in [-0.05, 0) is 18.6 Å². The summed E-state index contributed by atoms with van der Waals surface area (Å²) in [4.78, 5) is 0. The second kappa shape index (κ2) is 13.5. The second-order valence-electron chi connectivity index (χ2n) is 0.764. The standard InChI is InChI=1S/C2H6O.HI.Na.H2O3S2.H/c1-2-3;;;1-5(2,3)4;/h3H,2H2,1H3;1H;;(H2,1,2,3,4);. The van der Waals surface area contributed by atoms with E-state index in [1.165, 1.54) is 0 Å². The first-order chi connectivity index (χ1) is 3.41. The number of aliphatic hydroxyl groups excluding tert-OH is 1. The fraction of sp³-hybridized carbons (Fsp3) is 1.00. The van der Waals surface area contributed by atoms with Gasteiger partial charge in [0.1, 0.15) is 0 Å². The molecule has 0 aliphatic carbocycles. The monoisotopic (exact) mass is 312 g/mol. The summed E-state index contributed by atoms with van der Waals surface area (Å²) >= 11 is 2.65. The van der Waals surface area contributed by atoms with Gasteiger partial charge in [-0.1, -0.05) is 0 Å². The van der Waals surface area contributed by atoms with Crippen molar-refractivity contribution in [1.29, 1.82) is 0 Å². The van der Waals surface area contributed by atoms with E-state index in [9.17, 15) is 0 Å². The number of thiol groups is 1. The fourth-order valence-electron chi connectivity index (χ4n) is 0. The van der Waals surface area contributed by atoms with Gasteiger partial charge in [0.05, 0.1) is 0 Å². The van der Waals surface area contributed by atoms with E-state index in [1.807, 2.05) is 0 Å². The van der Waals surface area contributed by atoms with Crippen LogP contribution in [-0.2, 0) is 9.15 Å². The van der Waals surface area contributed by atoms with Crippen LogP contribution in [-0.4, -0.2) is 54.2 Å². The quantitative estimate of drug-likeness (QED) is 0.189. The van der Waals surface area contributed by atoms with Crippen molar-refractivity contribution in [2.75, 3.05) is 6.61 Å². The molecule has 0 rings (SSSR count). The minimum absolute atomic E-state index is 0. The van der Waals surface area contributed by atoms with E-state index < -0.39 is 9.15 Å². The molecule has 0 saturated heterocycles. The summed E-state index contributed by atoms with van der Waals surface area (Å²) in [6.45, 7) is 1.93. The normalized spacial score (nSPS) is 7.60. The van der Waals surface area contributed by atoms with Crippen molar-refractivity contribution < 1.29 is 18.1 Å². The molecule has 8 heteroatoms. The molecule has 0 fully saturated rings. The van der Waals surface area contributed by atoms with Crippen LogP contribution >= 0.6 is 35.6 Å². The third-order valence-electron chi connectivity index (χ3n) is 0. The van der Waals surface area contributed by atoms with Crippen molar-refractivity contribution in [3.8, 4) is 0 Å². The predicted octanol–water partition coefficient (Wildman–Crippen LogP) is -0.313. The van der Waals surface area contributed by atoms with E-state index in [0.29, 0.717) is 0 Å². The molecule has 0 aromatic heterocycles. The molecule has 0 aliphatic rings. The molecule has 0 aliphatic heterocycles. The third-order valence-corrected chi connectivity index (χ3v) is 0. The number of hydrogen-bond acceptors (Lipinski definition) is 3. The first-order valence-corrected chi connectivity index (χ1v) is 4.21. The van der Waals surface area contributed by atoms with Gasteiger partial charge in [0, 0.05) is 6.61 Å². The van der Waals surface area contributed by atoms with Crippen LogP contribution in [0.5, 0.6) is 0 Å². The van der Waals surface area contributed by atoms with Gasteiger partial charge in [0.15, 0.2) is 0 Å². The molecule has 0 unspecified atom stereocenters. The summed E-state index contributed by atoms with van der Waals surface area (Å²) in [5, 5.41) is 7.57. The molecule has 0 bridgehead atoms. The summed E-state index contributed by atoms with van der Waals surface area (Å²) in [7, 11) is -3.97. The van der Waals surface area contributed by atoms with E-state index in [4.69, 9.17) is 18.1 Å². The van der Waals surface area contributed by atoms with Gasteiger partial charge in [-0.3, -0.25) is 4.55 Å². The van der Waals surface area contributed by atoms with Crippen LogP contribution in [0.3, 0.4) is 0 Å². The first kappa shape index (κ1) is 22.7. The van der Waals surface area contributed by atoms with Gasteiger partial charge in [-0.2, -0.15) is 8.42 Å². The van der Waals surface area contributed by atoms with Crippen molar-refractivity contribution >= 4 is 74.3 Å². The topological polar surface area (TPSA) is 74.6 Å². The van der Waals surface area contributed by atoms with Crippen LogP contribution in [0.4, 0.5) is 0 Å². The Labute approximate surface area is 105 Å². The average Bonchev–Trinajstić information content (AvgIpc) is 1.27. The van der Waals surface area contributed by atoms with Crippen LogP contribution in [0, 0.1) is 0 Å². The Hall–Kier alpha value is 1.95. The van der Waals surface area contributed by atoms with Crippen LogP contribution in [0.1, 0.15) is 6.92 Å². The zero-order valence-electron chi connectivity index (χ0n) is 4.68. The van der Waals surface area contributed by atoms with Crippen LogP contribution in [0.2, 0.25) is 0 Å². The number of rotatable bonds is 0. The van der Waals surface area contributed by atoms with Crippen molar-refractivity contribution in [2.24, 2.45) is 0 Å². The van der Waals surface area contributed by atoms with E-state index in [-0.39, 0.29) is 60.1 Å². The van der Waals surface area contributed by atoms with Gasteiger partial charge in [-0.25, -0.2) is 0 Å². The summed E-state index contributed by atoms with van der Waals surface area (Å²) in [5.41, 5.74) is 0. The second-order valence-corrected chi connectivity index (χ2v) is 3.04. The van der Waals surface area contributed by atoms with E-state index in [0.717, 1.165) is 0 Å². The molecule has 62 valence electrons. The van der Waals surface area contributed by atoms with E-state index in [2.05, 4.69) is 11.7 Å². The Morgan fingerprint density at radius 2 is 1.50 bits per heavy atom. The maximum absolute atomic E-state index is 9.05. The molecule has 0 amide bonds. The molecule has 10 heavy (non-hydrogen) atoms. The summed E-state index contributed by atoms with van der Waals surface area (Å²) in [5.74, 6) is 0. The Kier molecular flexibility index (Phi) is 30.7. The molecule has 2 N–H and O–H groups in total. The van der Waals surface area contributed by atoms with E-state index >= 15 is 0 Å². The number of halogens is 1. The van der Waals surface area contributed by atoms with E-state index in [1.54, 1.807) is 6.92 Å². The molecule has 0 heterocycles. The summed E-state index contributed by atoms with van der Waals surface area (Å²) < 4.78 is 25.5. The summed E-state index contributed by atoms with van der Waals surface area (Å²) in [6.07, 6.45) is 0. The molecule has 0 aromatic rings. The zero-order chi connectivity index (χ0) is 7.21. The molecular weight excluding hydrogens is 302 g/mol. The van der Waals surface area contributed by atoms with Gasteiger partial charge >= 0.3 is 38.7 Å². The van der Waals surface area contributed by atoms with Crippen molar-refractivity contribution in [3.05, 3.63) is 0 Å².